The van der Waals surface area contributed by atoms with E-state index in [4.69, 9.17) is 4.74 Å². The van der Waals surface area contributed by atoms with Crippen LogP contribution in [0.2, 0.25) is 0 Å². The Morgan fingerprint density at radius 3 is 2.63 bits per heavy atom. The Morgan fingerprint density at radius 1 is 1.17 bits per heavy atom. The van der Waals surface area contributed by atoms with Crippen molar-refractivity contribution in [2.24, 2.45) is 10.4 Å². The second kappa shape index (κ2) is 10.1. The van der Waals surface area contributed by atoms with Gasteiger partial charge in [0.05, 0.1) is 11.5 Å². The summed E-state index contributed by atoms with van der Waals surface area (Å²) in [6.45, 7) is 5.25. The minimum absolute atomic E-state index is 0. The molecule has 1 aromatic rings. The first kappa shape index (κ1) is 23.7. The fraction of sp³-hybridized carbons (Fsp3) is 0.667. The van der Waals surface area contributed by atoms with Gasteiger partial charge in [0.1, 0.15) is 0 Å². The van der Waals surface area contributed by atoms with Crippen LogP contribution in [0, 0.1) is 5.41 Å². The molecular formula is C21H33IN4O3S. The highest BCUT2D eigenvalue weighted by molar-refractivity contribution is 14.0. The Balaban J connectivity index is 0.00000256. The molecule has 0 radical (unpaired) electrons. The third kappa shape index (κ3) is 4.94. The maximum atomic E-state index is 13.2. The van der Waals surface area contributed by atoms with Gasteiger partial charge in [-0.05, 0) is 37.3 Å². The average molecular weight is 548 g/mol. The molecule has 3 fully saturated rings. The number of benzene rings is 1. The molecule has 0 bridgehead atoms. The predicted molar refractivity (Wildman–Crippen MR) is 129 cm³/mol. The second-order valence-electron chi connectivity index (χ2n) is 8.45. The summed E-state index contributed by atoms with van der Waals surface area (Å²) < 4.78 is 33.6. The average Bonchev–Trinajstić information content (AvgIpc) is 3.39. The van der Waals surface area contributed by atoms with Crippen LogP contribution >= 0.6 is 24.0 Å². The number of nitrogens with one attached hydrogen (secondary N) is 1. The Morgan fingerprint density at radius 2 is 1.93 bits per heavy atom. The molecule has 1 atom stereocenters. The minimum atomic E-state index is -3.46. The summed E-state index contributed by atoms with van der Waals surface area (Å²) in [7, 11) is -1.67. The van der Waals surface area contributed by atoms with E-state index in [2.05, 4.69) is 15.2 Å². The van der Waals surface area contributed by atoms with Crippen LogP contribution in [0.15, 0.2) is 34.2 Å². The number of guanidine groups is 1. The van der Waals surface area contributed by atoms with E-state index in [1.54, 1.807) is 23.5 Å². The zero-order valence-electron chi connectivity index (χ0n) is 17.7. The maximum Gasteiger partial charge on any atom is 0.243 e. The van der Waals surface area contributed by atoms with Crippen LogP contribution < -0.4 is 5.32 Å². The first-order valence-corrected chi connectivity index (χ1v) is 12.1. The Hall–Kier alpha value is -0.910. The van der Waals surface area contributed by atoms with Gasteiger partial charge in [0, 0.05) is 51.8 Å². The quantitative estimate of drug-likeness (QED) is 0.356. The van der Waals surface area contributed by atoms with E-state index in [1.807, 2.05) is 12.1 Å². The number of halogens is 1. The summed E-state index contributed by atoms with van der Waals surface area (Å²) in [6.07, 6.45) is 5.21. The lowest BCUT2D eigenvalue weighted by molar-refractivity contribution is 0.156. The van der Waals surface area contributed by atoms with Crippen molar-refractivity contribution < 1.29 is 13.2 Å². The summed E-state index contributed by atoms with van der Waals surface area (Å²) >= 11 is 0. The lowest BCUT2D eigenvalue weighted by Gasteiger charge is -2.27. The largest absolute Gasteiger partial charge is 0.381 e. The summed E-state index contributed by atoms with van der Waals surface area (Å²) in [6, 6.07) is 7.33. The predicted octanol–water partition coefficient (Wildman–Crippen LogP) is 2.67. The molecule has 0 saturated carbocycles. The van der Waals surface area contributed by atoms with Gasteiger partial charge in [-0.1, -0.05) is 24.6 Å². The zero-order chi connectivity index (χ0) is 20.3. The van der Waals surface area contributed by atoms with Crippen molar-refractivity contribution in [3.63, 3.8) is 0 Å². The molecule has 7 nitrogen and oxygen atoms in total. The highest BCUT2D eigenvalue weighted by atomic mass is 127. The molecule has 30 heavy (non-hydrogen) atoms. The molecule has 0 amide bonds. The summed E-state index contributed by atoms with van der Waals surface area (Å²) in [4.78, 5) is 7.14. The molecule has 1 unspecified atom stereocenters. The molecule has 3 saturated heterocycles. The number of sulfonamides is 1. The molecule has 168 valence electrons. The van der Waals surface area contributed by atoms with Gasteiger partial charge >= 0.3 is 0 Å². The fourth-order valence-electron chi connectivity index (χ4n) is 4.74. The highest BCUT2D eigenvalue weighted by Crippen LogP contribution is 2.38. The van der Waals surface area contributed by atoms with Gasteiger partial charge in [-0.25, -0.2) is 8.42 Å². The summed E-state index contributed by atoms with van der Waals surface area (Å²) in [5.41, 5.74) is 1.05. The van der Waals surface area contributed by atoms with E-state index in [0.717, 1.165) is 69.9 Å². The Bertz CT molecular complexity index is 850. The number of ether oxygens (including phenoxy) is 1. The Kier molecular flexibility index (Phi) is 8.03. The number of hydrogen-bond acceptors (Lipinski definition) is 4. The van der Waals surface area contributed by atoms with Crippen molar-refractivity contribution in [2.75, 3.05) is 46.4 Å². The first-order valence-electron chi connectivity index (χ1n) is 10.7. The van der Waals surface area contributed by atoms with E-state index in [9.17, 15) is 8.42 Å². The van der Waals surface area contributed by atoms with E-state index >= 15 is 0 Å². The minimum Gasteiger partial charge on any atom is -0.381 e. The molecule has 3 heterocycles. The van der Waals surface area contributed by atoms with Gasteiger partial charge in [-0.2, -0.15) is 4.31 Å². The SMILES string of the molecule is CN=C(NCc1ccccc1S(=O)(=O)N1CCCCC1)N1CCC2(CCOC2)C1.I. The van der Waals surface area contributed by atoms with E-state index < -0.39 is 10.0 Å². The van der Waals surface area contributed by atoms with Crippen LogP contribution in [-0.2, 0) is 21.3 Å². The van der Waals surface area contributed by atoms with Crippen molar-refractivity contribution in [3.8, 4) is 0 Å². The van der Waals surface area contributed by atoms with E-state index in [-0.39, 0.29) is 29.4 Å². The van der Waals surface area contributed by atoms with Crippen molar-refractivity contribution in [2.45, 2.75) is 43.5 Å². The number of rotatable bonds is 4. The molecule has 3 aliphatic rings. The molecule has 1 spiro atoms. The zero-order valence-corrected chi connectivity index (χ0v) is 20.8. The fourth-order valence-corrected chi connectivity index (χ4v) is 6.48. The molecule has 0 aromatic heterocycles. The van der Waals surface area contributed by atoms with Crippen LogP contribution in [0.3, 0.4) is 0 Å². The van der Waals surface area contributed by atoms with Crippen molar-refractivity contribution in [1.82, 2.24) is 14.5 Å². The number of likely N-dealkylation sites (tertiary alicyclic amines) is 1. The van der Waals surface area contributed by atoms with Gasteiger partial charge in [-0.15, -0.1) is 24.0 Å². The molecular weight excluding hydrogens is 515 g/mol. The lowest BCUT2D eigenvalue weighted by atomic mass is 9.87. The van der Waals surface area contributed by atoms with Gasteiger partial charge in [0.25, 0.3) is 0 Å². The molecule has 4 rings (SSSR count). The third-order valence-electron chi connectivity index (χ3n) is 6.48. The van der Waals surface area contributed by atoms with Crippen LogP contribution in [-0.4, -0.2) is 70.0 Å². The van der Waals surface area contributed by atoms with Crippen LogP contribution in [0.25, 0.3) is 0 Å². The van der Waals surface area contributed by atoms with E-state index in [0.29, 0.717) is 24.5 Å². The lowest BCUT2D eigenvalue weighted by Crippen LogP contribution is -2.41. The van der Waals surface area contributed by atoms with Crippen LogP contribution in [0.1, 0.15) is 37.7 Å². The van der Waals surface area contributed by atoms with Gasteiger partial charge < -0.3 is 15.0 Å². The number of aliphatic imine (C=N–C) groups is 1. The highest BCUT2D eigenvalue weighted by Gasteiger charge is 2.42. The second-order valence-corrected chi connectivity index (χ2v) is 10.4. The normalized spacial score (nSPS) is 25.5. The van der Waals surface area contributed by atoms with Gasteiger partial charge in [0.2, 0.25) is 10.0 Å². The van der Waals surface area contributed by atoms with Crippen molar-refractivity contribution in [1.29, 1.82) is 0 Å². The standard InChI is InChI=1S/C21H32N4O3S.HI/c1-22-20(24-13-9-21(16-24)10-14-28-17-21)23-15-18-7-3-4-8-19(18)29(26,27)25-11-5-2-6-12-25;/h3-4,7-8H,2,5-6,9-17H2,1H3,(H,22,23);1H. The number of nitrogens with zero attached hydrogens (tertiary/aromatic N) is 3. The Labute approximate surface area is 197 Å². The molecule has 3 aliphatic heterocycles. The smallest absolute Gasteiger partial charge is 0.243 e. The first-order chi connectivity index (χ1) is 14.0. The van der Waals surface area contributed by atoms with Gasteiger partial charge in [0.15, 0.2) is 5.96 Å². The van der Waals surface area contributed by atoms with E-state index in [1.165, 1.54) is 0 Å². The number of hydrogen-bond donors (Lipinski definition) is 1. The van der Waals surface area contributed by atoms with Crippen molar-refractivity contribution in [3.05, 3.63) is 29.8 Å². The number of piperidine rings is 1. The summed E-state index contributed by atoms with van der Waals surface area (Å²) in [5, 5.41) is 3.40. The molecule has 1 aromatic carbocycles. The van der Waals surface area contributed by atoms with Crippen LogP contribution in [0.5, 0.6) is 0 Å². The molecule has 1 N–H and O–H groups in total. The molecule has 0 aliphatic carbocycles. The summed E-state index contributed by atoms with van der Waals surface area (Å²) in [5.74, 6) is 0.832. The van der Waals surface area contributed by atoms with Gasteiger partial charge in [-0.3, -0.25) is 4.99 Å². The maximum absolute atomic E-state index is 13.2. The van der Waals surface area contributed by atoms with Crippen LogP contribution in [0.4, 0.5) is 0 Å². The monoisotopic (exact) mass is 548 g/mol. The molecule has 9 heteroatoms. The topological polar surface area (TPSA) is 74.2 Å². The third-order valence-corrected chi connectivity index (χ3v) is 8.48. The van der Waals surface area contributed by atoms with Crippen molar-refractivity contribution >= 4 is 40.0 Å².